The van der Waals surface area contributed by atoms with Crippen LogP contribution < -0.4 is 0 Å². The fourth-order valence-corrected chi connectivity index (χ4v) is 5.88. The van der Waals surface area contributed by atoms with Crippen LogP contribution in [0.5, 0.6) is 0 Å². The van der Waals surface area contributed by atoms with Gasteiger partial charge in [-0.2, -0.15) is 0 Å². The fourth-order valence-electron chi connectivity index (χ4n) is 3.88. The molecule has 0 radical (unpaired) electrons. The summed E-state index contributed by atoms with van der Waals surface area (Å²) >= 11 is 2.71. The predicted molar refractivity (Wildman–Crippen MR) is 136 cm³/mol. The van der Waals surface area contributed by atoms with E-state index in [1.165, 1.54) is 75.3 Å². The van der Waals surface area contributed by atoms with Crippen molar-refractivity contribution in [3.63, 3.8) is 0 Å². The molecule has 0 bridgehead atoms. The van der Waals surface area contributed by atoms with Crippen molar-refractivity contribution >= 4 is 27.9 Å². The first-order valence-corrected chi connectivity index (χ1v) is 13.9. The largest absolute Gasteiger partial charge is 0.212 e. The zero-order valence-corrected chi connectivity index (χ0v) is 20.9. The molecule has 0 aliphatic carbocycles. The van der Waals surface area contributed by atoms with E-state index in [0.29, 0.717) is 0 Å². The third-order valence-electron chi connectivity index (χ3n) is 5.52. The number of hydrogen-bond acceptors (Lipinski definition) is 2. The van der Waals surface area contributed by atoms with Gasteiger partial charge in [0, 0.05) is 4.86 Å². The highest BCUT2D eigenvalue weighted by atomic mass is 32.2. The highest BCUT2D eigenvalue weighted by Gasteiger charge is 2.20. The summed E-state index contributed by atoms with van der Waals surface area (Å²) in [5.41, 5.74) is 2.86. The highest BCUT2D eigenvalue weighted by Crippen LogP contribution is 2.34. The molecule has 1 aromatic carbocycles. The summed E-state index contributed by atoms with van der Waals surface area (Å²) in [6.45, 7) is 6.68. The lowest BCUT2D eigenvalue weighted by Gasteiger charge is -2.21. The van der Waals surface area contributed by atoms with Crippen molar-refractivity contribution in [2.45, 2.75) is 116 Å². The molecule has 0 amide bonds. The molecule has 0 aliphatic rings. The molecule has 0 aliphatic heterocycles. The molecule has 0 aromatic heterocycles. The number of aryl methyl sites for hydroxylation is 1. The van der Waals surface area contributed by atoms with Gasteiger partial charge >= 0.3 is 0 Å². The number of hydrogen-bond donors (Lipinski definition) is 0. The average Bonchev–Trinajstić information content (AvgIpc) is 2.75. The van der Waals surface area contributed by atoms with Crippen LogP contribution in [0.3, 0.4) is 0 Å². The lowest BCUT2D eigenvalue weighted by Crippen LogP contribution is -2.12. The van der Waals surface area contributed by atoms with Gasteiger partial charge in [0.2, 0.25) is 0 Å². The van der Waals surface area contributed by atoms with Crippen molar-refractivity contribution in [1.29, 1.82) is 0 Å². The summed E-state index contributed by atoms with van der Waals surface area (Å²) in [5, 5.41) is 0.261. The summed E-state index contributed by atoms with van der Waals surface area (Å²) < 4.78 is 11.8. The minimum atomic E-state index is 0.261. The Kier molecular flexibility index (Phi) is 16.7. The minimum absolute atomic E-state index is 0.261. The number of rotatable bonds is 18. The van der Waals surface area contributed by atoms with Gasteiger partial charge in [0.15, 0.2) is 0 Å². The highest BCUT2D eigenvalue weighted by molar-refractivity contribution is 8.00. The molecule has 1 rings (SSSR count). The summed E-state index contributed by atoms with van der Waals surface area (Å²) in [6, 6.07) is 8.88. The smallest absolute Gasteiger partial charge is 0.0891 e. The zero-order valence-electron chi connectivity index (χ0n) is 19.2. The normalized spacial score (nSPS) is 12.1. The van der Waals surface area contributed by atoms with Crippen LogP contribution in [0.1, 0.15) is 121 Å². The Morgan fingerprint density at radius 3 is 2.00 bits per heavy atom. The topological polar surface area (TPSA) is 17.1 Å². The number of unbranched alkanes of at least 4 members (excludes halogenated alkanes) is 9. The van der Waals surface area contributed by atoms with E-state index in [4.69, 9.17) is 0 Å². The van der Waals surface area contributed by atoms with E-state index in [2.05, 4.69) is 45.0 Å². The van der Waals surface area contributed by atoms with Crippen LogP contribution in [0.2, 0.25) is 0 Å². The van der Waals surface area contributed by atoms with Gasteiger partial charge in [-0.1, -0.05) is 109 Å². The number of benzene rings is 1. The van der Waals surface area contributed by atoms with Crippen LogP contribution in [0, 0.1) is 0 Å². The second kappa shape index (κ2) is 18.2. The average molecular weight is 437 g/mol. The Hall–Kier alpha value is -0.540. The molecular weight excluding hydrogens is 392 g/mol. The van der Waals surface area contributed by atoms with Crippen molar-refractivity contribution < 1.29 is 4.21 Å². The lowest BCUT2D eigenvalue weighted by molar-refractivity contribution is 0.556. The van der Waals surface area contributed by atoms with E-state index in [9.17, 15) is 4.21 Å². The van der Waals surface area contributed by atoms with Crippen molar-refractivity contribution in [1.82, 2.24) is 0 Å². The summed E-state index contributed by atoms with van der Waals surface area (Å²) in [6.07, 6.45) is 18.1. The second-order valence-corrected chi connectivity index (χ2v) is 10.1. The Morgan fingerprint density at radius 2 is 1.41 bits per heavy atom. The lowest BCUT2D eigenvalue weighted by atomic mass is 9.96. The molecule has 1 nitrogen and oxygen atoms in total. The van der Waals surface area contributed by atoms with Gasteiger partial charge in [-0.15, -0.1) is 11.8 Å². The molecule has 0 N–H and O–H groups in total. The Labute approximate surface area is 188 Å². The third-order valence-corrected chi connectivity index (χ3v) is 7.84. The van der Waals surface area contributed by atoms with Gasteiger partial charge in [0.1, 0.15) is 0 Å². The molecule has 1 unspecified atom stereocenters. The van der Waals surface area contributed by atoms with Crippen molar-refractivity contribution in [2.75, 3.05) is 5.75 Å². The van der Waals surface area contributed by atoms with Gasteiger partial charge in [0.25, 0.3) is 0 Å². The summed E-state index contributed by atoms with van der Waals surface area (Å²) in [4.78, 5) is 1.11. The minimum Gasteiger partial charge on any atom is -0.212 e. The maximum atomic E-state index is 11.8. The molecular formula is C26H44OS2. The van der Waals surface area contributed by atoms with Crippen LogP contribution in [0.4, 0.5) is 0 Å². The Morgan fingerprint density at radius 1 is 0.793 bits per heavy atom. The van der Waals surface area contributed by atoms with E-state index < -0.39 is 0 Å². The molecule has 3 heteroatoms. The first kappa shape index (κ1) is 26.5. The van der Waals surface area contributed by atoms with Crippen LogP contribution >= 0.6 is 11.8 Å². The van der Waals surface area contributed by atoms with E-state index in [-0.39, 0.29) is 5.25 Å². The molecule has 0 saturated carbocycles. The van der Waals surface area contributed by atoms with Crippen LogP contribution in [-0.4, -0.2) is 14.8 Å². The molecule has 1 atom stereocenters. The number of thioether (sulfide) groups is 1. The van der Waals surface area contributed by atoms with Crippen LogP contribution in [0.15, 0.2) is 24.3 Å². The molecule has 166 valence electrons. The van der Waals surface area contributed by atoms with E-state index in [1.807, 2.05) is 11.8 Å². The maximum Gasteiger partial charge on any atom is 0.0891 e. The van der Waals surface area contributed by atoms with Gasteiger partial charge in [-0.25, -0.2) is 4.21 Å². The van der Waals surface area contributed by atoms with Gasteiger partial charge < -0.3 is 0 Å². The third kappa shape index (κ3) is 11.4. The van der Waals surface area contributed by atoms with E-state index in [1.54, 1.807) is 0 Å². The first-order valence-electron chi connectivity index (χ1n) is 12.1. The van der Waals surface area contributed by atoms with Crippen molar-refractivity contribution in [3.05, 3.63) is 35.4 Å². The van der Waals surface area contributed by atoms with Crippen molar-refractivity contribution in [2.24, 2.45) is 0 Å². The monoisotopic (exact) mass is 436 g/mol. The van der Waals surface area contributed by atoms with Crippen molar-refractivity contribution in [3.8, 4) is 0 Å². The Bertz CT molecular complexity index is 578. The van der Waals surface area contributed by atoms with Crippen LogP contribution in [-0.2, 0) is 17.7 Å². The molecule has 0 saturated heterocycles. The summed E-state index contributed by atoms with van der Waals surface area (Å²) in [5.74, 6) is 1.12. The van der Waals surface area contributed by atoms with Gasteiger partial charge in [-0.05, 0) is 42.6 Å². The van der Waals surface area contributed by atoms with Gasteiger partial charge in [-0.3, -0.25) is 0 Å². The second-order valence-electron chi connectivity index (χ2n) is 8.18. The van der Waals surface area contributed by atoms with E-state index >= 15 is 0 Å². The SMILES string of the molecule is CCCCCCCCCCCCc1ccccc1C(SCCC)C(CCC)=S=O. The molecule has 29 heavy (non-hydrogen) atoms. The maximum absolute atomic E-state index is 11.8. The van der Waals surface area contributed by atoms with E-state index in [0.717, 1.165) is 47.6 Å². The molecule has 0 heterocycles. The predicted octanol–water partition coefficient (Wildman–Crippen LogP) is 8.52. The summed E-state index contributed by atoms with van der Waals surface area (Å²) in [7, 11) is 0. The Balaban J connectivity index is 2.53. The van der Waals surface area contributed by atoms with Gasteiger partial charge in [0.05, 0.1) is 16.5 Å². The molecule has 0 spiro atoms. The standard InChI is InChI=1S/C26H44OS2/c1-4-7-8-9-10-11-12-13-14-15-19-23-20-16-17-21-24(23)26(28-22-6-3)25(29-27)18-5-2/h16-17,20-21,26H,4-15,18-19,22H2,1-3H3. The molecule has 1 aromatic rings. The van der Waals surface area contributed by atoms with Crippen LogP contribution in [0.25, 0.3) is 0 Å². The fraction of sp³-hybridized carbons (Fsp3) is 0.731. The quantitative estimate of drug-likeness (QED) is 0.169. The zero-order chi connectivity index (χ0) is 21.2. The molecule has 0 fully saturated rings. The first-order chi connectivity index (χ1) is 14.3.